The van der Waals surface area contributed by atoms with Gasteiger partial charge in [0.05, 0.1) is 0 Å². The van der Waals surface area contributed by atoms with Crippen molar-refractivity contribution in [2.24, 2.45) is 0 Å². The van der Waals surface area contributed by atoms with Gasteiger partial charge in [-0.1, -0.05) is 6.42 Å². The molecule has 0 N–H and O–H groups in total. The highest BCUT2D eigenvalue weighted by molar-refractivity contribution is 7.45. The van der Waals surface area contributed by atoms with Gasteiger partial charge in [-0.2, -0.15) is 11.1 Å². The Hall–Kier alpha value is 1.30. The van der Waals surface area contributed by atoms with E-state index in [-0.39, 0.29) is 0 Å². The van der Waals surface area contributed by atoms with Crippen LogP contribution in [0.15, 0.2) is 0 Å². The van der Waals surface area contributed by atoms with Crippen molar-refractivity contribution in [3.05, 3.63) is 0 Å². The van der Waals surface area contributed by atoms with Gasteiger partial charge in [0.25, 0.3) is 6.69 Å². The van der Waals surface area contributed by atoms with Crippen molar-refractivity contribution in [1.29, 1.82) is 0 Å². The van der Waals surface area contributed by atoms with Crippen LogP contribution in [-0.4, -0.2) is 15.5 Å². The summed E-state index contributed by atoms with van der Waals surface area (Å²) in [7, 11) is 0.516. The Labute approximate surface area is 72.8 Å². The topological polar surface area (TPSA) is 0 Å². The van der Waals surface area contributed by atoms with Gasteiger partial charge in [0, 0.05) is 0 Å². The lowest BCUT2D eigenvalue weighted by atomic mass is 10.4. The monoisotopic (exact) mass is 216 g/mol. The third kappa shape index (κ3) is 2.43. The Balaban J connectivity index is 2.38. The zero-order chi connectivity index (χ0) is 6.91. The van der Waals surface area contributed by atoms with Crippen molar-refractivity contribution in [2.75, 3.05) is 0 Å². The summed E-state index contributed by atoms with van der Waals surface area (Å²) in [6.45, 7) is -1.76. The third-order valence-electron chi connectivity index (χ3n) is 1.56. The highest BCUT2D eigenvalue weighted by Crippen LogP contribution is 2.43. The first kappa shape index (κ1) is 8.40. The highest BCUT2D eigenvalue weighted by Gasteiger charge is 2.38. The molecule has 1 unspecified atom stereocenters. The molecule has 52 valence electrons. The van der Waals surface area contributed by atoms with Gasteiger partial charge in [-0.15, -0.1) is 22.2 Å². The fraction of sp³-hybridized carbons (Fsp3) is 1.00. The molecule has 1 atom stereocenters. The lowest BCUT2D eigenvalue weighted by Gasteiger charge is -2.05. The van der Waals surface area contributed by atoms with Crippen LogP contribution in [0.2, 0.25) is 17.6 Å². The molecule has 1 heterocycles. The van der Waals surface area contributed by atoms with Gasteiger partial charge in [-0.3, -0.25) is 0 Å². The minimum absolute atomic E-state index is 0.516. The lowest BCUT2D eigenvalue weighted by molar-refractivity contribution is 0.925. The largest absolute Gasteiger partial charge is 0.251 e. The molecular weight excluding hydrogens is 211 g/mol. The van der Waals surface area contributed by atoms with Gasteiger partial charge >= 0.3 is 0 Å². The van der Waals surface area contributed by atoms with E-state index in [0.29, 0.717) is 14.4 Å². The summed E-state index contributed by atoms with van der Waals surface area (Å²) >= 11 is 17.7. The predicted octanol–water partition coefficient (Wildman–Crippen LogP) is 2.96. The maximum Gasteiger partial charge on any atom is 0.251 e. The van der Waals surface area contributed by atoms with Crippen LogP contribution >= 0.6 is 33.2 Å². The van der Waals surface area contributed by atoms with Gasteiger partial charge < -0.3 is 0 Å². The fourth-order valence-corrected chi connectivity index (χ4v) is 8.41. The molecule has 1 aliphatic heterocycles. The van der Waals surface area contributed by atoms with E-state index in [2.05, 4.69) is 0 Å². The van der Waals surface area contributed by atoms with Crippen LogP contribution in [0.5, 0.6) is 0 Å². The molecule has 0 saturated carbocycles. The third-order valence-corrected chi connectivity index (χ3v) is 7.86. The molecule has 1 saturated heterocycles. The summed E-state index contributed by atoms with van der Waals surface area (Å²) in [5.41, 5.74) is 0.633. The summed E-state index contributed by atoms with van der Waals surface area (Å²) in [5.74, 6) is 0. The molecule has 0 spiro atoms. The molecule has 1 fully saturated rings. The van der Waals surface area contributed by atoms with Crippen molar-refractivity contribution < 1.29 is 0 Å². The molecule has 2 radical (unpaired) electrons. The second-order valence-electron chi connectivity index (χ2n) is 2.40. The van der Waals surface area contributed by atoms with E-state index in [1.54, 1.807) is 0 Å². The predicted molar refractivity (Wildman–Crippen MR) is 47.0 cm³/mol. The Morgan fingerprint density at radius 3 is 2.33 bits per heavy atom. The van der Waals surface area contributed by atoms with Crippen molar-refractivity contribution in [1.82, 2.24) is 0 Å². The smallest absolute Gasteiger partial charge is 0.171 e. The van der Waals surface area contributed by atoms with Crippen LogP contribution in [0.1, 0.15) is 6.42 Å². The van der Waals surface area contributed by atoms with Gasteiger partial charge in [0.1, 0.15) is 0 Å². The number of rotatable bonds is 1. The molecule has 0 aromatic heterocycles. The first-order valence-electron chi connectivity index (χ1n) is 2.88. The molecule has 0 nitrogen and oxygen atoms in total. The molecule has 5 heteroatoms. The zero-order valence-corrected chi connectivity index (χ0v) is 9.10. The van der Waals surface area contributed by atoms with Crippen molar-refractivity contribution >= 4 is 48.8 Å². The molecular formula is C4H7Cl3Si2. The Bertz CT molecular complexity index is 106. The minimum atomic E-state index is -1.76. The van der Waals surface area contributed by atoms with Gasteiger partial charge in [-0.05, 0) is 17.6 Å². The van der Waals surface area contributed by atoms with Gasteiger partial charge in [0.15, 0.2) is 8.83 Å². The Morgan fingerprint density at radius 1 is 1.44 bits per heavy atom. The second-order valence-corrected chi connectivity index (χ2v) is 11.6. The van der Waals surface area contributed by atoms with Crippen LogP contribution in [0, 0.1) is 0 Å². The van der Waals surface area contributed by atoms with E-state index < -0.39 is 6.69 Å². The number of halogens is 3. The number of hydrogen-bond acceptors (Lipinski definition) is 0. The molecule has 0 bridgehead atoms. The van der Waals surface area contributed by atoms with Crippen LogP contribution in [-0.2, 0) is 0 Å². The van der Waals surface area contributed by atoms with Crippen LogP contribution in [0.3, 0.4) is 0 Å². The highest BCUT2D eigenvalue weighted by atomic mass is 35.7. The maximum absolute atomic E-state index is 5.99. The molecule has 0 aromatic carbocycles. The summed E-state index contributed by atoms with van der Waals surface area (Å²) in [4.78, 5) is 0. The molecule has 0 aromatic rings. The molecule has 1 aliphatic rings. The summed E-state index contributed by atoms with van der Waals surface area (Å²) < 4.78 is 0. The van der Waals surface area contributed by atoms with Crippen molar-refractivity contribution in [3.8, 4) is 0 Å². The van der Waals surface area contributed by atoms with E-state index in [1.165, 1.54) is 0 Å². The average molecular weight is 218 g/mol. The molecule has 9 heavy (non-hydrogen) atoms. The summed E-state index contributed by atoms with van der Waals surface area (Å²) in [6.07, 6.45) is 1.15. The second kappa shape index (κ2) is 3.14. The summed E-state index contributed by atoms with van der Waals surface area (Å²) in [6, 6.07) is 2.05. The fourth-order valence-electron chi connectivity index (χ4n) is 1.04. The van der Waals surface area contributed by atoms with E-state index >= 15 is 0 Å². The Kier molecular flexibility index (Phi) is 2.93. The first-order valence-corrected chi connectivity index (χ1v) is 9.41. The average Bonchev–Trinajstić information content (AvgIpc) is 2.10. The van der Waals surface area contributed by atoms with Crippen molar-refractivity contribution in [3.63, 3.8) is 0 Å². The van der Waals surface area contributed by atoms with Crippen LogP contribution in [0.4, 0.5) is 0 Å². The number of hydrogen-bond donors (Lipinski definition) is 0. The maximum atomic E-state index is 5.99. The quantitative estimate of drug-likeness (QED) is 0.468. The molecule has 0 amide bonds. The van der Waals surface area contributed by atoms with E-state index in [9.17, 15) is 0 Å². The Morgan fingerprint density at radius 2 is 2.11 bits per heavy atom. The van der Waals surface area contributed by atoms with Crippen LogP contribution in [0.25, 0.3) is 0 Å². The minimum Gasteiger partial charge on any atom is -0.171 e. The van der Waals surface area contributed by atoms with E-state index in [0.717, 1.165) is 18.5 Å². The zero-order valence-electron chi connectivity index (χ0n) is 4.83. The van der Waals surface area contributed by atoms with Crippen LogP contribution < -0.4 is 0 Å². The standard InChI is InChI=1S/C4H7Cl3Si2/c5-8-4-1-2-9(6,7)3-4/h4H,1-3H2. The van der Waals surface area contributed by atoms with Crippen molar-refractivity contribution in [2.45, 2.75) is 24.1 Å². The first-order chi connectivity index (χ1) is 4.14. The SMILES string of the molecule is Cl[Si]C1CC[Si](Cl)(Cl)C1. The molecule has 1 rings (SSSR count). The lowest BCUT2D eigenvalue weighted by Crippen LogP contribution is -2.11. The normalized spacial score (nSPS) is 33.0. The van der Waals surface area contributed by atoms with E-state index in [4.69, 9.17) is 33.2 Å². The van der Waals surface area contributed by atoms with Gasteiger partial charge in [-0.25, -0.2) is 0 Å². The van der Waals surface area contributed by atoms with E-state index in [1.807, 2.05) is 0 Å². The summed E-state index contributed by atoms with van der Waals surface area (Å²) in [5, 5.41) is 0. The van der Waals surface area contributed by atoms with Gasteiger partial charge in [0.2, 0.25) is 0 Å². The molecule has 0 aliphatic carbocycles.